The van der Waals surface area contributed by atoms with Crippen LogP contribution in [0.25, 0.3) is 4.85 Å². The number of carbonyl (C=O) groups is 1. The van der Waals surface area contributed by atoms with Crippen molar-refractivity contribution in [3.63, 3.8) is 0 Å². The van der Waals surface area contributed by atoms with Gasteiger partial charge in [0, 0.05) is 13.1 Å². The van der Waals surface area contributed by atoms with E-state index in [1.165, 1.54) is 17.0 Å². The highest BCUT2D eigenvalue weighted by molar-refractivity contribution is 5.69. The molecule has 19 heavy (non-hydrogen) atoms. The Bertz CT molecular complexity index is 570. The molecule has 0 atom stereocenters. The molecule has 0 aromatic heterocycles. The van der Waals surface area contributed by atoms with Crippen molar-refractivity contribution in [3.8, 4) is 0 Å². The molecule has 1 aromatic carbocycles. The van der Waals surface area contributed by atoms with E-state index in [0.29, 0.717) is 13.1 Å². The average molecular weight is 262 g/mol. The molecule has 0 spiro atoms. The summed E-state index contributed by atoms with van der Waals surface area (Å²) in [6.45, 7) is 12.9. The van der Waals surface area contributed by atoms with Gasteiger partial charge in [0.1, 0.15) is 11.4 Å². The van der Waals surface area contributed by atoms with Crippen molar-refractivity contribution in [1.29, 1.82) is 0 Å². The molecule has 0 N–H and O–H groups in total. The van der Waals surface area contributed by atoms with Gasteiger partial charge >= 0.3 is 6.09 Å². The summed E-state index contributed by atoms with van der Waals surface area (Å²) in [7, 11) is 0. The molecule has 100 valence electrons. The summed E-state index contributed by atoms with van der Waals surface area (Å²) in [6.07, 6.45) is -0.423. The summed E-state index contributed by atoms with van der Waals surface area (Å²) in [5.41, 5.74) is 0.970. The lowest BCUT2D eigenvalue weighted by Crippen LogP contribution is -2.33. The van der Waals surface area contributed by atoms with Gasteiger partial charge < -0.3 is 4.74 Å². The molecule has 0 saturated heterocycles. The van der Waals surface area contributed by atoms with Crippen LogP contribution in [0.5, 0.6) is 0 Å². The summed E-state index contributed by atoms with van der Waals surface area (Å²) >= 11 is 0. The molecule has 0 unspecified atom stereocenters. The van der Waals surface area contributed by atoms with Gasteiger partial charge in [-0.2, -0.15) is 0 Å². The van der Waals surface area contributed by atoms with Crippen molar-refractivity contribution in [3.05, 3.63) is 40.5 Å². The van der Waals surface area contributed by atoms with E-state index in [4.69, 9.17) is 11.3 Å². The molecule has 0 bridgehead atoms. The van der Waals surface area contributed by atoms with E-state index in [1.54, 1.807) is 20.8 Å². The Kier molecular flexibility index (Phi) is 3.19. The van der Waals surface area contributed by atoms with Gasteiger partial charge in [-0.05, 0) is 44.0 Å². The second-order valence-electron chi connectivity index (χ2n) is 5.52. The van der Waals surface area contributed by atoms with Crippen molar-refractivity contribution in [2.45, 2.75) is 39.5 Å². The van der Waals surface area contributed by atoms with Crippen molar-refractivity contribution in [2.75, 3.05) is 0 Å². The minimum atomic E-state index is -0.557. The maximum absolute atomic E-state index is 13.5. The quantitative estimate of drug-likeness (QED) is 0.669. The van der Waals surface area contributed by atoms with Gasteiger partial charge in [0.15, 0.2) is 0 Å². The first-order chi connectivity index (χ1) is 8.80. The summed E-state index contributed by atoms with van der Waals surface area (Å²) in [4.78, 5) is 16.5. The molecule has 1 aliphatic heterocycles. The van der Waals surface area contributed by atoms with Crippen molar-refractivity contribution < 1.29 is 13.9 Å². The van der Waals surface area contributed by atoms with Crippen LogP contribution < -0.4 is 0 Å². The van der Waals surface area contributed by atoms with Gasteiger partial charge in [0.05, 0.1) is 6.57 Å². The van der Waals surface area contributed by atoms with Crippen molar-refractivity contribution in [1.82, 2.24) is 4.90 Å². The molecular weight excluding hydrogens is 247 g/mol. The Labute approximate surface area is 111 Å². The molecule has 0 fully saturated rings. The topological polar surface area (TPSA) is 33.9 Å². The first-order valence-electron chi connectivity index (χ1n) is 5.97. The number of hydrogen-bond acceptors (Lipinski definition) is 2. The number of nitrogens with zero attached hydrogens (tertiary/aromatic N) is 2. The standard InChI is InChI=1S/C14H15FN2O2/c1-14(2,3)19-13(18)17-7-9-5-11(15)12(16-4)6-10(9)8-17/h5-6H,7-8H2,1-3H3. The van der Waals surface area contributed by atoms with Gasteiger partial charge in [0.25, 0.3) is 0 Å². The van der Waals surface area contributed by atoms with E-state index in [-0.39, 0.29) is 5.69 Å². The van der Waals surface area contributed by atoms with Gasteiger partial charge in [-0.15, -0.1) is 0 Å². The fraction of sp³-hybridized carbons (Fsp3) is 0.429. The number of rotatable bonds is 0. The van der Waals surface area contributed by atoms with Crippen LogP contribution in [0.2, 0.25) is 0 Å². The van der Waals surface area contributed by atoms with Gasteiger partial charge in [0.2, 0.25) is 5.69 Å². The number of amides is 1. The van der Waals surface area contributed by atoms with Gasteiger partial charge in [-0.25, -0.2) is 14.0 Å². The van der Waals surface area contributed by atoms with Crippen molar-refractivity contribution >= 4 is 11.8 Å². The average Bonchev–Trinajstić information content (AvgIpc) is 2.68. The Balaban J connectivity index is 2.17. The zero-order chi connectivity index (χ0) is 14.2. The van der Waals surface area contributed by atoms with E-state index in [0.717, 1.165) is 11.1 Å². The van der Waals surface area contributed by atoms with Crippen LogP contribution in [0.4, 0.5) is 14.9 Å². The maximum Gasteiger partial charge on any atom is 0.410 e. The highest BCUT2D eigenvalue weighted by Gasteiger charge is 2.28. The summed E-state index contributed by atoms with van der Waals surface area (Å²) in [5, 5.41) is 0. The Hall–Kier alpha value is -2.09. The number of carbonyl (C=O) groups excluding carboxylic acids is 1. The highest BCUT2D eigenvalue weighted by Crippen LogP contribution is 2.30. The lowest BCUT2D eigenvalue weighted by molar-refractivity contribution is 0.0242. The minimum absolute atomic E-state index is 0.00945. The van der Waals surface area contributed by atoms with Gasteiger partial charge in [-0.3, -0.25) is 4.90 Å². The van der Waals surface area contributed by atoms with E-state index in [2.05, 4.69) is 4.85 Å². The van der Waals surface area contributed by atoms with Crippen LogP contribution in [0.3, 0.4) is 0 Å². The highest BCUT2D eigenvalue weighted by atomic mass is 19.1. The smallest absolute Gasteiger partial charge is 0.410 e. The maximum atomic E-state index is 13.5. The fourth-order valence-electron chi connectivity index (χ4n) is 1.95. The molecule has 0 saturated carbocycles. The summed E-state index contributed by atoms with van der Waals surface area (Å²) < 4.78 is 18.8. The third-order valence-electron chi connectivity index (χ3n) is 2.76. The minimum Gasteiger partial charge on any atom is -0.444 e. The third kappa shape index (κ3) is 2.84. The van der Waals surface area contributed by atoms with E-state index < -0.39 is 17.5 Å². The van der Waals surface area contributed by atoms with Crippen LogP contribution in [0, 0.1) is 12.4 Å². The molecule has 1 heterocycles. The van der Waals surface area contributed by atoms with E-state index >= 15 is 0 Å². The largest absolute Gasteiger partial charge is 0.444 e. The number of hydrogen-bond donors (Lipinski definition) is 0. The van der Waals surface area contributed by atoms with Crippen LogP contribution in [0.1, 0.15) is 31.9 Å². The Morgan fingerprint density at radius 1 is 1.37 bits per heavy atom. The number of fused-ring (bicyclic) bond motifs is 1. The van der Waals surface area contributed by atoms with Crippen LogP contribution in [0.15, 0.2) is 12.1 Å². The van der Waals surface area contributed by atoms with Crippen LogP contribution >= 0.6 is 0 Å². The molecule has 1 aromatic rings. The first-order valence-corrected chi connectivity index (χ1v) is 5.97. The molecule has 1 aliphatic rings. The van der Waals surface area contributed by atoms with Gasteiger partial charge in [-0.1, -0.05) is 0 Å². The predicted octanol–water partition coefficient (Wildman–Crippen LogP) is 3.63. The molecule has 0 aliphatic carbocycles. The zero-order valence-electron chi connectivity index (χ0n) is 11.2. The van der Waals surface area contributed by atoms with E-state index in [9.17, 15) is 9.18 Å². The third-order valence-corrected chi connectivity index (χ3v) is 2.76. The molecule has 1 amide bonds. The summed E-state index contributed by atoms with van der Waals surface area (Å²) in [5.74, 6) is -0.542. The fourth-order valence-corrected chi connectivity index (χ4v) is 1.95. The number of benzene rings is 1. The zero-order valence-corrected chi connectivity index (χ0v) is 11.2. The van der Waals surface area contributed by atoms with Crippen molar-refractivity contribution in [2.24, 2.45) is 0 Å². The SMILES string of the molecule is [C-]#[N+]c1cc2c(cc1F)CN(C(=O)OC(C)(C)C)C2. The molecule has 0 radical (unpaired) electrons. The molecular formula is C14H15FN2O2. The number of ether oxygens (including phenoxy) is 1. The van der Waals surface area contributed by atoms with Crippen LogP contribution in [-0.4, -0.2) is 16.6 Å². The first kappa shape index (κ1) is 13.3. The monoisotopic (exact) mass is 262 g/mol. The molecule has 4 nitrogen and oxygen atoms in total. The lowest BCUT2D eigenvalue weighted by atomic mass is 10.1. The molecule has 2 rings (SSSR count). The lowest BCUT2D eigenvalue weighted by Gasteiger charge is -2.24. The second-order valence-corrected chi connectivity index (χ2v) is 5.52. The second kappa shape index (κ2) is 4.54. The predicted molar refractivity (Wildman–Crippen MR) is 68.1 cm³/mol. The number of halogens is 1. The molecule has 5 heteroatoms. The Morgan fingerprint density at radius 2 is 1.95 bits per heavy atom. The van der Waals surface area contributed by atoms with Crippen LogP contribution in [-0.2, 0) is 17.8 Å². The summed E-state index contributed by atoms with van der Waals surface area (Å²) in [6, 6.07) is 2.83. The normalized spacial score (nSPS) is 13.9. The van der Waals surface area contributed by atoms with E-state index in [1.807, 2.05) is 0 Å². The Morgan fingerprint density at radius 3 is 2.47 bits per heavy atom.